The minimum absolute atomic E-state index is 0.0690. The summed E-state index contributed by atoms with van der Waals surface area (Å²) in [5.41, 5.74) is 3.56. The fourth-order valence-electron chi connectivity index (χ4n) is 4.66. The van der Waals surface area contributed by atoms with Gasteiger partial charge in [-0.15, -0.1) is 0 Å². The summed E-state index contributed by atoms with van der Waals surface area (Å²) in [4.78, 5) is 28.1. The number of hydrogen-bond acceptors (Lipinski definition) is 5. The van der Waals surface area contributed by atoms with Gasteiger partial charge in [-0.3, -0.25) is 13.9 Å². The summed E-state index contributed by atoms with van der Waals surface area (Å²) in [6.45, 7) is 0.886. The molecule has 2 amide bonds. The third-order valence-corrected chi connectivity index (χ3v) is 7.63. The molecule has 3 aromatic carbocycles. The predicted molar refractivity (Wildman–Crippen MR) is 138 cm³/mol. The maximum atomic E-state index is 13.6. The average Bonchev–Trinajstić information content (AvgIpc) is 3.32. The van der Waals surface area contributed by atoms with Gasteiger partial charge in [-0.1, -0.05) is 42.5 Å². The van der Waals surface area contributed by atoms with Crippen LogP contribution in [-0.4, -0.2) is 52.2 Å². The Morgan fingerprint density at radius 2 is 1.75 bits per heavy atom. The highest BCUT2D eigenvalue weighted by molar-refractivity contribution is 7.92. The lowest BCUT2D eigenvalue weighted by atomic mass is 10.1. The summed E-state index contributed by atoms with van der Waals surface area (Å²) in [5.74, 6) is -0.0888. The van der Waals surface area contributed by atoms with Crippen molar-refractivity contribution < 1.29 is 22.7 Å². The van der Waals surface area contributed by atoms with Gasteiger partial charge in [-0.05, 0) is 54.3 Å². The maximum Gasteiger partial charge on any atom is 0.262 e. The van der Waals surface area contributed by atoms with Crippen molar-refractivity contribution in [3.63, 3.8) is 0 Å². The van der Waals surface area contributed by atoms with Crippen molar-refractivity contribution in [1.82, 2.24) is 5.32 Å². The van der Waals surface area contributed by atoms with Crippen LogP contribution in [0.1, 0.15) is 21.5 Å². The second-order valence-electron chi connectivity index (χ2n) is 8.95. The molecular weight excluding hydrogens is 478 g/mol. The fraction of sp³-hybridized carbons (Fsp3) is 0.259. The third-order valence-electron chi connectivity index (χ3n) is 6.45. The smallest absolute Gasteiger partial charge is 0.262 e. The van der Waals surface area contributed by atoms with Crippen molar-refractivity contribution in [3.05, 3.63) is 89.5 Å². The van der Waals surface area contributed by atoms with E-state index in [0.717, 1.165) is 11.1 Å². The Morgan fingerprint density at radius 3 is 2.53 bits per heavy atom. The number of fused-ring (bicyclic) bond motifs is 2. The quantitative estimate of drug-likeness (QED) is 0.556. The van der Waals surface area contributed by atoms with Gasteiger partial charge in [0.15, 0.2) is 6.10 Å². The van der Waals surface area contributed by atoms with E-state index in [-0.39, 0.29) is 18.4 Å². The van der Waals surface area contributed by atoms with Gasteiger partial charge in [0.2, 0.25) is 10.0 Å². The highest BCUT2D eigenvalue weighted by Gasteiger charge is 2.35. The highest BCUT2D eigenvalue weighted by atomic mass is 32.2. The molecule has 0 aromatic heterocycles. The van der Waals surface area contributed by atoms with Gasteiger partial charge in [0.1, 0.15) is 5.75 Å². The van der Waals surface area contributed by atoms with Crippen LogP contribution in [0.15, 0.2) is 72.8 Å². The van der Waals surface area contributed by atoms with Crippen LogP contribution >= 0.6 is 0 Å². The number of para-hydroxylation sites is 2. The van der Waals surface area contributed by atoms with Gasteiger partial charge in [0.25, 0.3) is 11.8 Å². The van der Waals surface area contributed by atoms with Crippen LogP contribution in [0.5, 0.6) is 5.75 Å². The molecule has 186 valence electrons. The zero-order chi connectivity index (χ0) is 25.3. The number of nitrogens with one attached hydrogen (secondary N) is 1. The van der Waals surface area contributed by atoms with Crippen LogP contribution in [0.25, 0.3) is 0 Å². The van der Waals surface area contributed by atoms with E-state index in [4.69, 9.17) is 4.74 Å². The van der Waals surface area contributed by atoms with E-state index < -0.39 is 16.1 Å². The number of sulfonamides is 1. The summed E-state index contributed by atoms with van der Waals surface area (Å²) in [5, 5.41) is 2.92. The molecule has 2 aliphatic heterocycles. The molecule has 8 nitrogen and oxygen atoms in total. The number of amides is 2. The number of nitrogens with zero attached hydrogens (tertiary/aromatic N) is 2. The Hall–Kier alpha value is -3.85. The van der Waals surface area contributed by atoms with Crippen LogP contribution in [0.2, 0.25) is 0 Å². The fourth-order valence-corrected chi connectivity index (χ4v) is 5.61. The predicted octanol–water partition coefficient (Wildman–Crippen LogP) is 2.78. The summed E-state index contributed by atoms with van der Waals surface area (Å²) >= 11 is 0. The monoisotopic (exact) mass is 505 g/mol. The molecule has 0 fully saturated rings. The third kappa shape index (κ3) is 4.79. The first kappa shape index (κ1) is 23.9. The van der Waals surface area contributed by atoms with E-state index in [1.165, 1.54) is 10.6 Å². The van der Waals surface area contributed by atoms with E-state index in [9.17, 15) is 18.0 Å². The number of carbonyl (C=O) groups is 2. The van der Waals surface area contributed by atoms with E-state index >= 15 is 0 Å². The minimum atomic E-state index is -3.37. The van der Waals surface area contributed by atoms with E-state index in [2.05, 4.69) is 5.32 Å². The van der Waals surface area contributed by atoms with Crippen LogP contribution in [0.4, 0.5) is 11.4 Å². The standard InChI is InChI=1S/C27H27N3O5S/c1-36(33,34)30-16-14-20-17-21(11-12-22(20)30)27(32)29-18-25(35-24-10-6-5-9-23(24)29)26(31)28-15-13-19-7-3-2-4-8-19/h2-12,17,25H,13-16,18H2,1H3,(H,28,31). The van der Waals surface area contributed by atoms with Crippen molar-refractivity contribution in [2.75, 3.05) is 35.1 Å². The molecule has 0 radical (unpaired) electrons. The molecule has 0 aliphatic carbocycles. The van der Waals surface area contributed by atoms with Crippen LogP contribution in [0.3, 0.4) is 0 Å². The summed E-state index contributed by atoms with van der Waals surface area (Å²) in [6.07, 6.45) is 1.56. The molecule has 2 aliphatic rings. The number of hydrogen-bond donors (Lipinski definition) is 1. The Morgan fingerprint density at radius 1 is 1.00 bits per heavy atom. The normalized spacial score (nSPS) is 16.6. The topological polar surface area (TPSA) is 96.0 Å². The maximum absolute atomic E-state index is 13.6. The Kier molecular flexibility index (Phi) is 6.40. The van der Waals surface area contributed by atoms with E-state index in [1.54, 1.807) is 41.3 Å². The molecule has 0 spiro atoms. The largest absolute Gasteiger partial charge is 0.477 e. The zero-order valence-corrected chi connectivity index (χ0v) is 20.7. The Balaban J connectivity index is 1.34. The first-order valence-corrected chi connectivity index (χ1v) is 13.7. The number of anilines is 2. The molecule has 1 N–H and O–H groups in total. The van der Waals surface area contributed by atoms with Gasteiger partial charge < -0.3 is 15.0 Å². The lowest BCUT2D eigenvalue weighted by Gasteiger charge is -2.34. The number of carbonyl (C=O) groups excluding carboxylic acids is 2. The van der Waals surface area contributed by atoms with Gasteiger partial charge in [-0.25, -0.2) is 8.42 Å². The molecule has 9 heteroatoms. The van der Waals surface area contributed by atoms with Crippen molar-refractivity contribution in [3.8, 4) is 5.75 Å². The summed E-state index contributed by atoms with van der Waals surface area (Å²) in [6, 6.07) is 22.1. The molecule has 2 heterocycles. The molecule has 0 saturated carbocycles. The second kappa shape index (κ2) is 9.66. The van der Waals surface area contributed by atoms with Crippen molar-refractivity contribution in [1.29, 1.82) is 0 Å². The van der Waals surface area contributed by atoms with Gasteiger partial charge in [0.05, 0.1) is 24.2 Å². The number of ether oxygens (including phenoxy) is 1. The minimum Gasteiger partial charge on any atom is -0.477 e. The van der Waals surface area contributed by atoms with Gasteiger partial charge in [0, 0.05) is 18.7 Å². The lowest BCUT2D eigenvalue weighted by Crippen LogP contribution is -2.51. The van der Waals surface area contributed by atoms with Gasteiger partial charge in [-0.2, -0.15) is 0 Å². The Bertz CT molecular complexity index is 1410. The molecule has 3 aromatic rings. The molecule has 0 bridgehead atoms. The average molecular weight is 506 g/mol. The number of rotatable bonds is 6. The molecule has 0 saturated heterocycles. The van der Waals surface area contributed by atoms with Crippen LogP contribution < -0.4 is 19.3 Å². The van der Waals surface area contributed by atoms with Crippen molar-refractivity contribution >= 4 is 33.2 Å². The highest BCUT2D eigenvalue weighted by Crippen LogP contribution is 2.36. The van der Waals surface area contributed by atoms with Crippen molar-refractivity contribution in [2.24, 2.45) is 0 Å². The van der Waals surface area contributed by atoms with Crippen LogP contribution in [0, 0.1) is 0 Å². The SMILES string of the molecule is CS(=O)(=O)N1CCc2cc(C(=O)N3CC(C(=O)NCCc4ccccc4)Oc4ccccc43)ccc21. The van der Waals surface area contributed by atoms with Gasteiger partial charge >= 0.3 is 0 Å². The molecule has 1 unspecified atom stereocenters. The van der Waals surface area contributed by atoms with E-state index in [0.29, 0.717) is 48.6 Å². The zero-order valence-electron chi connectivity index (χ0n) is 19.9. The van der Waals surface area contributed by atoms with Crippen LogP contribution in [-0.2, 0) is 27.7 Å². The first-order valence-electron chi connectivity index (χ1n) is 11.8. The molecule has 1 atom stereocenters. The summed E-state index contributed by atoms with van der Waals surface area (Å²) in [7, 11) is -3.37. The summed E-state index contributed by atoms with van der Waals surface area (Å²) < 4.78 is 31.4. The van der Waals surface area contributed by atoms with Crippen molar-refractivity contribution in [2.45, 2.75) is 18.9 Å². The van der Waals surface area contributed by atoms with E-state index in [1.807, 2.05) is 36.4 Å². The second-order valence-corrected chi connectivity index (χ2v) is 10.9. The molecular formula is C27H27N3O5S. The lowest BCUT2D eigenvalue weighted by molar-refractivity contribution is -0.127. The first-order chi connectivity index (χ1) is 17.3. The molecule has 36 heavy (non-hydrogen) atoms. The number of benzene rings is 3. The Labute approximate surface area is 210 Å². The molecule has 5 rings (SSSR count).